The van der Waals surface area contributed by atoms with Gasteiger partial charge in [0.05, 0.1) is 24.4 Å². The van der Waals surface area contributed by atoms with E-state index in [0.717, 1.165) is 17.0 Å². The first-order valence-corrected chi connectivity index (χ1v) is 9.19. The molecular weight excluding hydrogens is 378 g/mol. The zero-order valence-electron chi connectivity index (χ0n) is 15.4. The highest BCUT2D eigenvalue weighted by Crippen LogP contribution is 2.38. The van der Waals surface area contributed by atoms with Gasteiger partial charge in [-0.05, 0) is 55.5 Å². The average Bonchev–Trinajstić information content (AvgIpc) is 3.03. The number of hydrogen-bond donors (Lipinski definition) is 1. The lowest BCUT2D eigenvalue weighted by Crippen LogP contribution is -2.28. The van der Waals surface area contributed by atoms with Gasteiger partial charge in [0.25, 0.3) is 0 Å². The molecule has 1 aromatic heterocycles. The first kappa shape index (κ1) is 18.3. The number of carbonyl (C=O) groups is 2. The van der Waals surface area contributed by atoms with Crippen LogP contribution in [0, 0.1) is 6.92 Å². The van der Waals surface area contributed by atoms with Crippen molar-refractivity contribution in [3.63, 3.8) is 0 Å². The molecule has 6 nitrogen and oxygen atoms in total. The van der Waals surface area contributed by atoms with Crippen LogP contribution < -0.4 is 10.1 Å². The van der Waals surface area contributed by atoms with E-state index in [1.807, 2.05) is 31.2 Å². The third-order valence-electron chi connectivity index (χ3n) is 4.86. The maximum Gasteiger partial charge on any atom is 0.226 e. The molecule has 0 bridgehead atoms. The van der Waals surface area contributed by atoms with E-state index in [1.54, 1.807) is 36.1 Å². The van der Waals surface area contributed by atoms with E-state index in [0.29, 0.717) is 22.1 Å². The van der Waals surface area contributed by atoms with Crippen LogP contribution in [0.1, 0.15) is 34.0 Å². The van der Waals surface area contributed by atoms with Crippen LogP contribution in [0.4, 0.5) is 5.82 Å². The Bertz CT molecular complexity index is 1060. The summed E-state index contributed by atoms with van der Waals surface area (Å²) in [6.07, 6.45) is 0.0869. The minimum absolute atomic E-state index is 0.0869. The lowest BCUT2D eigenvalue weighted by molar-refractivity contribution is -0.116. The van der Waals surface area contributed by atoms with Crippen LogP contribution in [0.2, 0.25) is 5.02 Å². The quantitative estimate of drug-likeness (QED) is 0.673. The molecule has 0 saturated carbocycles. The molecule has 0 fully saturated rings. The maximum atomic E-state index is 13.1. The standard InChI is InChI=1S/C21H18ClN3O3/c1-12-19-17(20(27)13-3-5-14(22)6-4-13)11-18(26)23-21(19)25(24-12)15-7-9-16(28-2)10-8-15/h3-10,17H,11H2,1-2H3,(H,23,26). The van der Waals surface area contributed by atoms with E-state index in [2.05, 4.69) is 10.4 Å². The fraction of sp³-hybridized carbons (Fsp3) is 0.190. The molecule has 0 spiro atoms. The van der Waals surface area contributed by atoms with Gasteiger partial charge in [-0.3, -0.25) is 9.59 Å². The van der Waals surface area contributed by atoms with E-state index in [4.69, 9.17) is 16.3 Å². The summed E-state index contributed by atoms with van der Waals surface area (Å²) in [4.78, 5) is 25.5. The molecule has 1 aliphatic rings. The molecular formula is C21H18ClN3O3. The SMILES string of the molecule is COc1ccc(-n2nc(C)c3c2NC(=O)CC3C(=O)c2ccc(Cl)cc2)cc1. The van der Waals surface area contributed by atoms with Crippen LogP contribution in [0.3, 0.4) is 0 Å². The highest BCUT2D eigenvalue weighted by atomic mass is 35.5. The van der Waals surface area contributed by atoms with Crippen molar-refractivity contribution in [2.24, 2.45) is 0 Å². The largest absolute Gasteiger partial charge is 0.497 e. The lowest BCUT2D eigenvalue weighted by Gasteiger charge is -2.23. The van der Waals surface area contributed by atoms with Gasteiger partial charge < -0.3 is 10.1 Å². The van der Waals surface area contributed by atoms with Crippen molar-refractivity contribution in [3.05, 3.63) is 70.4 Å². The number of benzene rings is 2. The Morgan fingerprint density at radius 2 is 1.86 bits per heavy atom. The molecule has 1 N–H and O–H groups in total. The number of nitrogens with one attached hydrogen (secondary N) is 1. The number of ether oxygens (including phenoxy) is 1. The first-order valence-electron chi connectivity index (χ1n) is 8.81. The number of fused-ring (bicyclic) bond motifs is 1. The van der Waals surface area contributed by atoms with Crippen molar-refractivity contribution in [3.8, 4) is 11.4 Å². The zero-order valence-corrected chi connectivity index (χ0v) is 16.2. The molecule has 2 aromatic carbocycles. The Kier molecular flexibility index (Phi) is 4.65. The summed E-state index contributed by atoms with van der Waals surface area (Å²) in [6.45, 7) is 1.85. The third-order valence-corrected chi connectivity index (χ3v) is 5.12. The molecule has 3 aromatic rings. The summed E-state index contributed by atoms with van der Waals surface area (Å²) in [5.41, 5.74) is 2.74. The van der Waals surface area contributed by atoms with E-state index in [9.17, 15) is 9.59 Å². The van der Waals surface area contributed by atoms with Crippen molar-refractivity contribution in [2.45, 2.75) is 19.3 Å². The van der Waals surface area contributed by atoms with Crippen LogP contribution in [0.25, 0.3) is 5.69 Å². The van der Waals surface area contributed by atoms with E-state index < -0.39 is 5.92 Å². The fourth-order valence-corrected chi connectivity index (χ4v) is 3.62. The fourth-order valence-electron chi connectivity index (χ4n) is 3.50. The summed E-state index contributed by atoms with van der Waals surface area (Å²) in [5.74, 6) is 0.337. The Hall–Kier alpha value is -3.12. The summed E-state index contributed by atoms with van der Waals surface area (Å²) in [5, 5.41) is 8.02. The Morgan fingerprint density at radius 1 is 1.18 bits per heavy atom. The number of rotatable bonds is 4. The molecule has 0 aliphatic carbocycles. The number of anilines is 1. The lowest BCUT2D eigenvalue weighted by atomic mass is 9.85. The summed E-state index contributed by atoms with van der Waals surface area (Å²) in [7, 11) is 1.60. The molecule has 7 heteroatoms. The number of carbonyl (C=O) groups excluding carboxylic acids is 2. The highest BCUT2D eigenvalue weighted by molar-refractivity contribution is 6.30. The molecule has 1 amide bonds. The number of aromatic nitrogens is 2. The minimum Gasteiger partial charge on any atom is -0.497 e. The molecule has 1 atom stereocenters. The minimum atomic E-state index is -0.586. The van der Waals surface area contributed by atoms with E-state index in [-0.39, 0.29) is 18.1 Å². The zero-order chi connectivity index (χ0) is 19.8. The van der Waals surface area contributed by atoms with Crippen LogP contribution in [0.5, 0.6) is 5.75 Å². The van der Waals surface area contributed by atoms with Crippen molar-refractivity contribution in [2.75, 3.05) is 12.4 Å². The highest BCUT2D eigenvalue weighted by Gasteiger charge is 2.36. The van der Waals surface area contributed by atoms with Crippen LogP contribution in [-0.4, -0.2) is 28.6 Å². The Morgan fingerprint density at radius 3 is 2.50 bits per heavy atom. The van der Waals surface area contributed by atoms with Gasteiger partial charge in [0.15, 0.2) is 5.78 Å². The number of methoxy groups -OCH3 is 1. The van der Waals surface area contributed by atoms with Gasteiger partial charge in [-0.15, -0.1) is 0 Å². The van der Waals surface area contributed by atoms with Gasteiger partial charge in [0, 0.05) is 22.6 Å². The van der Waals surface area contributed by atoms with Gasteiger partial charge in [-0.1, -0.05) is 11.6 Å². The first-order chi connectivity index (χ1) is 13.5. The normalized spacial score (nSPS) is 15.7. The topological polar surface area (TPSA) is 73.2 Å². The van der Waals surface area contributed by atoms with Crippen LogP contribution >= 0.6 is 11.6 Å². The van der Waals surface area contributed by atoms with Crippen LogP contribution in [0.15, 0.2) is 48.5 Å². The van der Waals surface area contributed by atoms with Crippen molar-refractivity contribution >= 4 is 29.1 Å². The average molecular weight is 396 g/mol. The van der Waals surface area contributed by atoms with E-state index >= 15 is 0 Å². The third kappa shape index (κ3) is 3.16. The van der Waals surface area contributed by atoms with Gasteiger partial charge in [0.1, 0.15) is 11.6 Å². The molecule has 1 unspecified atom stereocenters. The number of aryl methyl sites for hydroxylation is 1. The van der Waals surface area contributed by atoms with Crippen molar-refractivity contribution in [1.82, 2.24) is 9.78 Å². The molecule has 0 radical (unpaired) electrons. The van der Waals surface area contributed by atoms with Crippen molar-refractivity contribution in [1.29, 1.82) is 0 Å². The second-order valence-electron chi connectivity index (χ2n) is 6.63. The monoisotopic (exact) mass is 395 g/mol. The maximum absolute atomic E-state index is 13.1. The summed E-state index contributed by atoms with van der Waals surface area (Å²) < 4.78 is 6.85. The second-order valence-corrected chi connectivity index (χ2v) is 7.07. The van der Waals surface area contributed by atoms with Crippen LogP contribution in [-0.2, 0) is 4.79 Å². The van der Waals surface area contributed by atoms with Gasteiger partial charge in [-0.25, -0.2) is 4.68 Å². The molecule has 0 saturated heterocycles. The summed E-state index contributed by atoms with van der Waals surface area (Å²) in [6, 6.07) is 14.0. The molecule has 28 heavy (non-hydrogen) atoms. The summed E-state index contributed by atoms with van der Waals surface area (Å²) >= 11 is 5.93. The molecule has 142 valence electrons. The predicted molar refractivity (Wildman–Crippen MR) is 107 cm³/mol. The van der Waals surface area contributed by atoms with Crippen molar-refractivity contribution < 1.29 is 14.3 Å². The number of amides is 1. The molecule has 4 rings (SSSR count). The number of ketones is 1. The van der Waals surface area contributed by atoms with Gasteiger partial charge in [-0.2, -0.15) is 5.10 Å². The number of halogens is 1. The number of nitrogens with zero attached hydrogens (tertiary/aromatic N) is 2. The van der Waals surface area contributed by atoms with E-state index in [1.165, 1.54) is 0 Å². The van der Waals surface area contributed by atoms with Gasteiger partial charge in [0.2, 0.25) is 5.91 Å². The Labute approximate surface area is 167 Å². The Balaban J connectivity index is 1.78. The smallest absolute Gasteiger partial charge is 0.226 e. The molecule has 1 aliphatic heterocycles. The second kappa shape index (κ2) is 7.13. The molecule has 2 heterocycles. The van der Waals surface area contributed by atoms with Gasteiger partial charge >= 0.3 is 0 Å². The predicted octanol–water partition coefficient (Wildman–Crippen LogP) is 4.15. The number of Topliss-reactive ketones (excluding diaryl/α,β-unsaturated/α-hetero) is 1. The number of hydrogen-bond acceptors (Lipinski definition) is 4.